The zero-order valence-electron chi connectivity index (χ0n) is 15.0. The molecule has 3 aromatic rings. The molecule has 0 N–H and O–H groups in total. The van der Waals surface area contributed by atoms with Crippen molar-refractivity contribution in [3.8, 4) is 11.5 Å². The molecule has 0 aliphatic carbocycles. The van der Waals surface area contributed by atoms with Crippen molar-refractivity contribution in [3.63, 3.8) is 0 Å². The summed E-state index contributed by atoms with van der Waals surface area (Å²) in [5.74, 6) is 0.538. The average molecular weight is 425 g/mol. The van der Waals surface area contributed by atoms with E-state index in [0.717, 1.165) is 0 Å². The molecule has 0 spiro atoms. The summed E-state index contributed by atoms with van der Waals surface area (Å²) in [6.07, 6.45) is 1.55. The highest BCUT2D eigenvalue weighted by Crippen LogP contribution is 2.36. The number of hydrogen-bond acceptors (Lipinski definition) is 4. The van der Waals surface area contributed by atoms with Crippen molar-refractivity contribution < 1.29 is 19.1 Å². The maximum Gasteiger partial charge on any atom is 0.231 e. The van der Waals surface area contributed by atoms with Gasteiger partial charge in [0, 0.05) is 11.6 Å². The van der Waals surface area contributed by atoms with Crippen molar-refractivity contribution in [2.75, 3.05) is 6.61 Å². The number of halogens is 2. The summed E-state index contributed by atoms with van der Waals surface area (Å²) >= 11 is 12.2. The van der Waals surface area contributed by atoms with Crippen molar-refractivity contribution >= 4 is 40.8 Å². The molecule has 0 atom stereocenters. The van der Waals surface area contributed by atoms with E-state index in [-0.39, 0.29) is 23.9 Å². The van der Waals surface area contributed by atoms with Crippen LogP contribution in [0.25, 0.3) is 6.08 Å². The van der Waals surface area contributed by atoms with E-state index in [9.17, 15) is 9.59 Å². The molecule has 0 radical (unpaired) electrons. The van der Waals surface area contributed by atoms with E-state index in [1.54, 1.807) is 66.7 Å². The number of ether oxygens (including phenoxy) is 2. The van der Waals surface area contributed by atoms with Gasteiger partial charge < -0.3 is 9.47 Å². The molecule has 1 aliphatic heterocycles. The molecule has 0 saturated heterocycles. The number of fused-ring (bicyclic) bond motifs is 1. The van der Waals surface area contributed by atoms with E-state index in [0.29, 0.717) is 38.2 Å². The number of benzene rings is 3. The molecule has 29 heavy (non-hydrogen) atoms. The Labute approximate surface area is 177 Å². The molecule has 6 heteroatoms. The van der Waals surface area contributed by atoms with E-state index in [4.69, 9.17) is 32.7 Å². The fourth-order valence-electron chi connectivity index (χ4n) is 2.89. The Hall–Kier alpha value is -3.08. The third-order valence-electron chi connectivity index (χ3n) is 4.38. The van der Waals surface area contributed by atoms with Gasteiger partial charge in [0.25, 0.3) is 0 Å². The summed E-state index contributed by atoms with van der Waals surface area (Å²) < 4.78 is 11.3. The summed E-state index contributed by atoms with van der Waals surface area (Å²) in [5.41, 5.74) is 1.57. The summed E-state index contributed by atoms with van der Waals surface area (Å²) in [7, 11) is 0. The SMILES string of the molecule is O=C(COc1ccc2c(c1)O/C(=C\c1cccc(Cl)c1Cl)C2=O)c1ccccc1. The van der Waals surface area contributed by atoms with Crippen LogP contribution >= 0.6 is 23.2 Å². The van der Waals surface area contributed by atoms with Gasteiger partial charge in [0.1, 0.15) is 11.5 Å². The Kier molecular flexibility index (Phi) is 5.38. The zero-order valence-corrected chi connectivity index (χ0v) is 16.5. The van der Waals surface area contributed by atoms with Gasteiger partial charge in [-0.05, 0) is 29.8 Å². The fraction of sp³-hybridized carbons (Fsp3) is 0.0435. The van der Waals surface area contributed by atoms with Crippen LogP contribution in [0.3, 0.4) is 0 Å². The molecule has 1 heterocycles. The second-order valence-electron chi connectivity index (χ2n) is 6.32. The zero-order chi connectivity index (χ0) is 20.4. The van der Waals surface area contributed by atoms with Crippen molar-refractivity contribution in [3.05, 3.63) is 99.2 Å². The van der Waals surface area contributed by atoms with Crippen molar-refractivity contribution in [2.24, 2.45) is 0 Å². The monoisotopic (exact) mass is 424 g/mol. The molecular weight excluding hydrogens is 411 g/mol. The third-order valence-corrected chi connectivity index (χ3v) is 5.21. The predicted octanol–water partition coefficient (Wildman–Crippen LogP) is 5.87. The summed E-state index contributed by atoms with van der Waals surface area (Å²) in [4.78, 5) is 24.8. The van der Waals surface area contributed by atoms with Crippen molar-refractivity contribution in [1.29, 1.82) is 0 Å². The van der Waals surface area contributed by atoms with Gasteiger partial charge in [0.15, 0.2) is 18.1 Å². The lowest BCUT2D eigenvalue weighted by atomic mass is 10.1. The van der Waals surface area contributed by atoms with Crippen LogP contribution in [0.4, 0.5) is 0 Å². The Bertz CT molecular complexity index is 1140. The maximum absolute atomic E-state index is 12.6. The molecule has 144 valence electrons. The van der Waals surface area contributed by atoms with Crippen LogP contribution in [0.15, 0.2) is 72.5 Å². The highest BCUT2D eigenvalue weighted by Gasteiger charge is 2.28. The minimum Gasteiger partial charge on any atom is -0.485 e. The van der Waals surface area contributed by atoms with Crippen LogP contribution in [0.2, 0.25) is 10.0 Å². The molecule has 4 nitrogen and oxygen atoms in total. The molecule has 3 aromatic carbocycles. The first-order chi connectivity index (χ1) is 14.0. The maximum atomic E-state index is 12.6. The van der Waals surface area contributed by atoms with Gasteiger partial charge in [-0.2, -0.15) is 0 Å². The lowest BCUT2D eigenvalue weighted by Crippen LogP contribution is -2.11. The second-order valence-corrected chi connectivity index (χ2v) is 7.10. The van der Waals surface area contributed by atoms with E-state index < -0.39 is 0 Å². The van der Waals surface area contributed by atoms with Crippen LogP contribution in [-0.4, -0.2) is 18.2 Å². The molecule has 0 aromatic heterocycles. The molecule has 4 rings (SSSR count). The van der Waals surface area contributed by atoms with Gasteiger partial charge in [0.2, 0.25) is 5.78 Å². The lowest BCUT2D eigenvalue weighted by Gasteiger charge is -2.07. The minimum absolute atomic E-state index is 0.114. The standard InChI is InChI=1S/C23H14Cl2O4/c24-18-8-4-7-15(22(18)25)11-21-23(27)17-10-9-16(12-20(17)29-21)28-13-19(26)14-5-2-1-3-6-14/h1-12H,13H2/b21-11-. The Morgan fingerprint density at radius 2 is 1.79 bits per heavy atom. The van der Waals surface area contributed by atoms with Gasteiger partial charge in [0.05, 0.1) is 15.6 Å². The van der Waals surface area contributed by atoms with Gasteiger partial charge in [-0.1, -0.05) is 65.7 Å². The molecule has 0 amide bonds. The molecule has 0 unspecified atom stereocenters. The van der Waals surface area contributed by atoms with Gasteiger partial charge >= 0.3 is 0 Å². The number of allylic oxidation sites excluding steroid dienone is 1. The Morgan fingerprint density at radius 1 is 1.00 bits per heavy atom. The summed E-state index contributed by atoms with van der Waals surface area (Å²) in [5, 5.41) is 0.736. The van der Waals surface area contributed by atoms with Crippen LogP contribution in [0, 0.1) is 0 Å². The Balaban J connectivity index is 1.51. The third kappa shape index (κ3) is 4.04. The first-order valence-corrected chi connectivity index (χ1v) is 9.52. The molecule has 0 bridgehead atoms. The smallest absolute Gasteiger partial charge is 0.231 e. The van der Waals surface area contributed by atoms with Crippen LogP contribution in [0.1, 0.15) is 26.3 Å². The molecular formula is C23H14Cl2O4. The van der Waals surface area contributed by atoms with Crippen molar-refractivity contribution in [1.82, 2.24) is 0 Å². The first-order valence-electron chi connectivity index (χ1n) is 8.76. The van der Waals surface area contributed by atoms with E-state index in [1.165, 1.54) is 0 Å². The Morgan fingerprint density at radius 3 is 2.59 bits per heavy atom. The quantitative estimate of drug-likeness (QED) is 0.379. The number of hydrogen-bond donors (Lipinski definition) is 0. The van der Waals surface area contributed by atoms with E-state index in [1.807, 2.05) is 6.07 Å². The highest BCUT2D eigenvalue weighted by molar-refractivity contribution is 6.43. The topological polar surface area (TPSA) is 52.6 Å². The largest absolute Gasteiger partial charge is 0.485 e. The summed E-state index contributed by atoms with van der Waals surface area (Å²) in [6, 6.07) is 18.9. The molecule has 1 aliphatic rings. The normalized spacial score (nSPS) is 13.9. The molecule has 0 fully saturated rings. The van der Waals surface area contributed by atoms with Crippen molar-refractivity contribution in [2.45, 2.75) is 0 Å². The lowest BCUT2D eigenvalue weighted by molar-refractivity contribution is 0.0921. The first kappa shape index (κ1) is 19.2. The number of carbonyl (C=O) groups is 2. The summed E-state index contributed by atoms with van der Waals surface area (Å²) in [6.45, 7) is -0.114. The van der Waals surface area contributed by atoms with Crippen LogP contribution in [0.5, 0.6) is 11.5 Å². The van der Waals surface area contributed by atoms with E-state index >= 15 is 0 Å². The van der Waals surface area contributed by atoms with E-state index in [2.05, 4.69) is 0 Å². The predicted molar refractivity (Wildman–Crippen MR) is 112 cm³/mol. The van der Waals surface area contributed by atoms with Gasteiger partial charge in [-0.15, -0.1) is 0 Å². The highest BCUT2D eigenvalue weighted by atomic mass is 35.5. The molecule has 0 saturated carbocycles. The van der Waals surface area contributed by atoms with Crippen LogP contribution in [-0.2, 0) is 0 Å². The number of ketones is 2. The number of carbonyl (C=O) groups excluding carboxylic acids is 2. The van der Waals surface area contributed by atoms with Gasteiger partial charge in [-0.25, -0.2) is 0 Å². The second kappa shape index (κ2) is 8.11. The number of Topliss-reactive ketones (excluding diaryl/α,β-unsaturated/α-hetero) is 2. The fourth-order valence-corrected chi connectivity index (χ4v) is 3.25. The minimum atomic E-state index is -0.261. The van der Waals surface area contributed by atoms with Gasteiger partial charge in [-0.3, -0.25) is 9.59 Å². The average Bonchev–Trinajstić information content (AvgIpc) is 3.05. The van der Waals surface area contributed by atoms with Crippen LogP contribution < -0.4 is 9.47 Å². The number of rotatable bonds is 5.